The van der Waals surface area contributed by atoms with Gasteiger partial charge in [-0.1, -0.05) is 23.4 Å². The van der Waals surface area contributed by atoms with Crippen molar-refractivity contribution < 1.29 is 18.8 Å². The number of para-hydroxylation sites is 1. The molecule has 1 atom stereocenters. The fourth-order valence-electron chi connectivity index (χ4n) is 5.20. The first-order chi connectivity index (χ1) is 16.9. The molecule has 4 heterocycles. The maximum atomic E-state index is 14.6. The lowest BCUT2D eigenvalue weighted by atomic mass is 9.95. The van der Waals surface area contributed by atoms with Crippen molar-refractivity contribution in [2.75, 3.05) is 25.6 Å². The van der Waals surface area contributed by atoms with Gasteiger partial charge >= 0.3 is 5.72 Å². The number of ether oxygens (including phenoxy) is 1. The molecular weight excluding hydrogens is 449 g/mol. The second-order valence-electron chi connectivity index (χ2n) is 8.93. The average molecular weight is 474 g/mol. The minimum absolute atomic E-state index is 0.236. The number of likely N-dealkylation sites (N-methyl/N-ethyl adjacent to an activating group) is 1. The van der Waals surface area contributed by atoms with Crippen LogP contribution >= 0.6 is 0 Å². The molecule has 9 heteroatoms. The van der Waals surface area contributed by atoms with E-state index >= 15 is 0 Å². The number of rotatable bonds is 3. The highest BCUT2D eigenvalue weighted by molar-refractivity contribution is 6.12. The molecule has 0 N–H and O–H groups in total. The number of anilines is 1. The van der Waals surface area contributed by atoms with Gasteiger partial charge in [0.05, 0.1) is 36.1 Å². The number of imidazole rings is 1. The summed E-state index contributed by atoms with van der Waals surface area (Å²) in [7, 11) is 3.20. The molecular formula is C26H24FN5O3. The van der Waals surface area contributed by atoms with Crippen molar-refractivity contribution in [3.05, 3.63) is 77.1 Å². The number of hydrogen-bond donors (Lipinski definition) is 0. The molecule has 1 unspecified atom stereocenters. The Morgan fingerprint density at radius 2 is 2.11 bits per heavy atom. The lowest BCUT2D eigenvalue weighted by molar-refractivity contribution is -0.157. The molecule has 0 aliphatic carbocycles. The molecule has 2 aromatic carbocycles. The van der Waals surface area contributed by atoms with Gasteiger partial charge < -0.3 is 23.9 Å². The number of amides is 1. The van der Waals surface area contributed by atoms with Crippen LogP contribution in [0, 0.1) is 12.7 Å². The molecule has 0 saturated carbocycles. The summed E-state index contributed by atoms with van der Waals surface area (Å²) in [6, 6.07) is 10.6. The highest BCUT2D eigenvalue weighted by Gasteiger charge is 2.62. The van der Waals surface area contributed by atoms with Gasteiger partial charge in [-0.3, -0.25) is 4.79 Å². The number of oxime groups is 1. The van der Waals surface area contributed by atoms with Gasteiger partial charge in [-0.25, -0.2) is 9.37 Å². The molecule has 0 radical (unpaired) electrons. The standard InChI is InChI=1S/C26H24FN5O3/c1-16-14-31(15-28-16)21-10-9-17(13-22(21)34-3)12-18-6-5-11-32-24(18)29-35-26(32)19-7-4-8-20(27)23(19)30(2)25(26)33/h4,7-10,12-15H,5-6,11H2,1-3H3/b18-12+. The van der Waals surface area contributed by atoms with E-state index in [0.29, 0.717) is 23.7 Å². The predicted molar refractivity (Wildman–Crippen MR) is 129 cm³/mol. The average Bonchev–Trinajstić information content (AvgIpc) is 3.53. The number of hydrogen-bond acceptors (Lipinski definition) is 6. The summed E-state index contributed by atoms with van der Waals surface area (Å²) in [6.07, 6.45) is 7.31. The summed E-state index contributed by atoms with van der Waals surface area (Å²) in [5.74, 6) is 0.505. The molecule has 6 rings (SSSR count). The Balaban J connectivity index is 1.37. The van der Waals surface area contributed by atoms with E-state index in [4.69, 9.17) is 9.57 Å². The number of carbonyl (C=O) groups excluding carboxylic acids is 1. The molecule has 3 aromatic rings. The van der Waals surface area contributed by atoms with Crippen molar-refractivity contribution in [1.29, 1.82) is 0 Å². The van der Waals surface area contributed by atoms with Crippen molar-refractivity contribution in [3.8, 4) is 11.4 Å². The minimum Gasteiger partial charge on any atom is -0.495 e. The number of aromatic nitrogens is 2. The second kappa shape index (κ2) is 7.69. The number of amidine groups is 1. The summed E-state index contributed by atoms with van der Waals surface area (Å²) in [5, 5.41) is 4.36. The van der Waals surface area contributed by atoms with Crippen LogP contribution in [-0.4, -0.2) is 46.9 Å². The monoisotopic (exact) mass is 473 g/mol. The Bertz CT molecular complexity index is 1430. The van der Waals surface area contributed by atoms with E-state index in [0.717, 1.165) is 35.4 Å². The van der Waals surface area contributed by atoms with Crippen LogP contribution in [0.5, 0.6) is 5.75 Å². The van der Waals surface area contributed by atoms with Crippen molar-refractivity contribution in [2.45, 2.75) is 25.5 Å². The topological polar surface area (TPSA) is 72.2 Å². The van der Waals surface area contributed by atoms with E-state index < -0.39 is 11.5 Å². The highest BCUT2D eigenvalue weighted by atomic mass is 19.1. The van der Waals surface area contributed by atoms with Gasteiger partial charge in [0.2, 0.25) is 0 Å². The third-order valence-electron chi connectivity index (χ3n) is 6.83. The number of fused-ring (bicyclic) bond motifs is 4. The molecule has 1 amide bonds. The van der Waals surface area contributed by atoms with Gasteiger partial charge in [0.1, 0.15) is 11.6 Å². The van der Waals surface area contributed by atoms with Gasteiger partial charge in [0.15, 0.2) is 5.84 Å². The highest BCUT2D eigenvalue weighted by Crippen LogP contribution is 2.50. The summed E-state index contributed by atoms with van der Waals surface area (Å²) in [5.41, 5.74) is 2.93. The predicted octanol–water partition coefficient (Wildman–Crippen LogP) is 3.98. The van der Waals surface area contributed by atoms with Crippen LogP contribution < -0.4 is 9.64 Å². The number of carbonyl (C=O) groups is 1. The van der Waals surface area contributed by atoms with Crippen molar-refractivity contribution >= 4 is 23.5 Å². The van der Waals surface area contributed by atoms with Crippen molar-refractivity contribution in [1.82, 2.24) is 14.5 Å². The fraction of sp³-hybridized carbons (Fsp3) is 0.269. The van der Waals surface area contributed by atoms with Crippen LogP contribution in [-0.2, 0) is 15.4 Å². The Hall–Kier alpha value is -4.14. The molecule has 1 spiro atoms. The summed E-state index contributed by atoms with van der Waals surface area (Å²) in [4.78, 5) is 26.8. The number of halogens is 1. The molecule has 35 heavy (non-hydrogen) atoms. The molecule has 1 saturated heterocycles. The maximum absolute atomic E-state index is 14.6. The van der Waals surface area contributed by atoms with E-state index in [1.807, 2.05) is 46.9 Å². The first-order valence-corrected chi connectivity index (χ1v) is 11.4. The molecule has 0 bridgehead atoms. The first kappa shape index (κ1) is 21.4. The van der Waals surface area contributed by atoms with Gasteiger partial charge in [0, 0.05) is 19.8 Å². The van der Waals surface area contributed by atoms with Crippen molar-refractivity contribution in [3.63, 3.8) is 0 Å². The number of aryl methyl sites for hydroxylation is 1. The molecule has 8 nitrogen and oxygen atoms in total. The summed E-state index contributed by atoms with van der Waals surface area (Å²) < 4.78 is 22.2. The van der Waals surface area contributed by atoms with Gasteiger partial charge in [-0.05, 0) is 55.2 Å². The number of piperidine rings is 1. The van der Waals surface area contributed by atoms with Crippen LogP contribution in [0.4, 0.5) is 10.1 Å². The normalized spacial score (nSPS) is 21.9. The lowest BCUT2D eigenvalue weighted by Gasteiger charge is -2.36. The molecule has 3 aliphatic rings. The number of nitrogens with zero attached hydrogens (tertiary/aromatic N) is 5. The zero-order valence-electron chi connectivity index (χ0n) is 19.7. The Morgan fingerprint density at radius 3 is 2.89 bits per heavy atom. The van der Waals surface area contributed by atoms with Gasteiger partial charge in [-0.2, -0.15) is 0 Å². The minimum atomic E-state index is -1.47. The largest absolute Gasteiger partial charge is 0.495 e. The fourth-order valence-corrected chi connectivity index (χ4v) is 5.20. The number of methoxy groups -OCH3 is 1. The number of benzene rings is 2. The van der Waals surface area contributed by atoms with E-state index in [2.05, 4.69) is 10.1 Å². The van der Waals surface area contributed by atoms with E-state index in [9.17, 15) is 9.18 Å². The Morgan fingerprint density at radius 1 is 1.26 bits per heavy atom. The van der Waals surface area contributed by atoms with Crippen LogP contribution in [0.15, 0.2) is 59.7 Å². The third kappa shape index (κ3) is 3.00. The smallest absolute Gasteiger partial charge is 0.318 e. The van der Waals surface area contributed by atoms with Crippen LogP contribution in [0.3, 0.4) is 0 Å². The summed E-state index contributed by atoms with van der Waals surface area (Å²) in [6.45, 7) is 2.52. The van der Waals surface area contributed by atoms with Crippen LogP contribution in [0.2, 0.25) is 0 Å². The Kier molecular flexibility index (Phi) is 4.70. The quantitative estimate of drug-likeness (QED) is 0.576. The lowest BCUT2D eigenvalue weighted by Crippen LogP contribution is -2.54. The maximum Gasteiger partial charge on any atom is 0.318 e. The molecule has 1 aromatic heterocycles. The third-order valence-corrected chi connectivity index (χ3v) is 6.83. The summed E-state index contributed by atoms with van der Waals surface area (Å²) >= 11 is 0. The SMILES string of the molecule is COc1cc(/C=C2\CCCN3C2=NOC32C(=O)N(C)c3c(F)cccc32)ccc1-n1cnc(C)c1. The van der Waals surface area contributed by atoms with Crippen LogP contribution in [0.25, 0.3) is 11.8 Å². The zero-order chi connectivity index (χ0) is 24.3. The zero-order valence-corrected chi connectivity index (χ0v) is 19.7. The van der Waals surface area contributed by atoms with Crippen molar-refractivity contribution in [2.24, 2.45) is 5.16 Å². The van der Waals surface area contributed by atoms with Gasteiger partial charge in [0.25, 0.3) is 5.91 Å². The van der Waals surface area contributed by atoms with Crippen LogP contribution in [0.1, 0.15) is 29.7 Å². The first-order valence-electron chi connectivity index (χ1n) is 11.4. The second-order valence-corrected chi connectivity index (χ2v) is 8.93. The molecule has 178 valence electrons. The van der Waals surface area contributed by atoms with E-state index in [1.165, 1.54) is 11.0 Å². The molecule has 1 fully saturated rings. The molecule has 3 aliphatic heterocycles. The van der Waals surface area contributed by atoms with E-state index in [-0.39, 0.29) is 11.6 Å². The van der Waals surface area contributed by atoms with Gasteiger partial charge in [-0.15, -0.1) is 0 Å². The Labute approximate surface area is 201 Å². The van der Waals surface area contributed by atoms with E-state index in [1.54, 1.807) is 32.6 Å².